The fourth-order valence-corrected chi connectivity index (χ4v) is 2.77. The molecular weight excluding hydrogens is 358 g/mol. The SMILES string of the molecule is O=C(CNC(=O)NCc1ccccc1)NCc1ccc(N2CCOCC2)nc1. The molecule has 3 N–H and O–H groups in total. The van der Waals surface area contributed by atoms with Crippen LogP contribution < -0.4 is 20.9 Å². The second kappa shape index (κ2) is 10.3. The number of benzene rings is 1. The van der Waals surface area contributed by atoms with E-state index in [1.54, 1.807) is 6.20 Å². The number of amides is 3. The van der Waals surface area contributed by atoms with Gasteiger partial charge in [-0.15, -0.1) is 0 Å². The minimum absolute atomic E-state index is 0.0834. The molecule has 0 aliphatic carbocycles. The molecule has 0 unspecified atom stereocenters. The summed E-state index contributed by atoms with van der Waals surface area (Å²) < 4.78 is 5.34. The first-order chi connectivity index (χ1) is 13.7. The molecule has 1 aromatic carbocycles. The zero-order valence-corrected chi connectivity index (χ0v) is 15.7. The summed E-state index contributed by atoms with van der Waals surface area (Å²) in [7, 11) is 0. The highest BCUT2D eigenvalue weighted by molar-refractivity contribution is 5.83. The predicted octanol–water partition coefficient (Wildman–Crippen LogP) is 1.03. The van der Waals surface area contributed by atoms with Gasteiger partial charge in [-0.2, -0.15) is 0 Å². The first kappa shape index (κ1) is 19.6. The van der Waals surface area contributed by atoms with Crippen LogP contribution in [0.25, 0.3) is 0 Å². The monoisotopic (exact) mass is 383 g/mol. The number of urea groups is 1. The summed E-state index contributed by atoms with van der Waals surface area (Å²) >= 11 is 0. The van der Waals surface area contributed by atoms with Gasteiger partial charge in [-0.25, -0.2) is 9.78 Å². The minimum atomic E-state index is -0.379. The Morgan fingerprint density at radius 3 is 2.39 bits per heavy atom. The molecule has 2 aromatic rings. The van der Waals surface area contributed by atoms with Crippen LogP contribution in [0, 0.1) is 0 Å². The average Bonchev–Trinajstić information content (AvgIpc) is 2.76. The van der Waals surface area contributed by atoms with E-state index in [9.17, 15) is 9.59 Å². The van der Waals surface area contributed by atoms with Gasteiger partial charge in [0, 0.05) is 32.4 Å². The Labute approximate surface area is 164 Å². The summed E-state index contributed by atoms with van der Waals surface area (Å²) in [4.78, 5) is 30.3. The van der Waals surface area contributed by atoms with Gasteiger partial charge in [0.1, 0.15) is 5.82 Å². The van der Waals surface area contributed by atoms with Crippen molar-refractivity contribution in [1.29, 1.82) is 0 Å². The number of carbonyl (C=O) groups is 2. The van der Waals surface area contributed by atoms with Crippen molar-refractivity contribution in [3.8, 4) is 0 Å². The Morgan fingerprint density at radius 2 is 1.68 bits per heavy atom. The van der Waals surface area contributed by atoms with Crippen LogP contribution in [0.4, 0.5) is 10.6 Å². The van der Waals surface area contributed by atoms with Gasteiger partial charge in [0.25, 0.3) is 0 Å². The van der Waals surface area contributed by atoms with Gasteiger partial charge >= 0.3 is 6.03 Å². The van der Waals surface area contributed by atoms with Crippen LogP contribution in [-0.4, -0.2) is 49.8 Å². The van der Waals surface area contributed by atoms with Crippen LogP contribution in [0.1, 0.15) is 11.1 Å². The molecule has 0 radical (unpaired) electrons. The zero-order valence-electron chi connectivity index (χ0n) is 15.7. The van der Waals surface area contributed by atoms with Crippen LogP contribution in [0.15, 0.2) is 48.7 Å². The van der Waals surface area contributed by atoms with E-state index in [2.05, 4.69) is 25.8 Å². The normalized spacial score (nSPS) is 13.6. The second-order valence-corrected chi connectivity index (χ2v) is 6.42. The van der Waals surface area contributed by atoms with E-state index >= 15 is 0 Å². The maximum Gasteiger partial charge on any atom is 0.315 e. The minimum Gasteiger partial charge on any atom is -0.378 e. The van der Waals surface area contributed by atoms with E-state index in [0.29, 0.717) is 26.3 Å². The van der Waals surface area contributed by atoms with Gasteiger partial charge in [-0.05, 0) is 17.2 Å². The first-order valence-corrected chi connectivity index (χ1v) is 9.30. The highest BCUT2D eigenvalue weighted by Gasteiger charge is 2.12. The highest BCUT2D eigenvalue weighted by atomic mass is 16.5. The number of morpholine rings is 1. The van der Waals surface area contributed by atoms with Crippen LogP contribution in [0.2, 0.25) is 0 Å². The fraction of sp³-hybridized carbons (Fsp3) is 0.350. The van der Waals surface area contributed by atoms with Crippen LogP contribution in [0.3, 0.4) is 0 Å². The molecule has 0 saturated carbocycles. The van der Waals surface area contributed by atoms with Gasteiger partial charge in [0.05, 0.1) is 19.8 Å². The molecule has 2 heterocycles. The molecule has 1 saturated heterocycles. The third kappa shape index (κ3) is 6.24. The quantitative estimate of drug-likeness (QED) is 0.664. The van der Waals surface area contributed by atoms with Crippen LogP contribution >= 0.6 is 0 Å². The maximum atomic E-state index is 11.9. The maximum absolute atomic E-state index is 11.9. The van der Waals surface area contributed by atoms with Crippen molar-refractivity contribution in [3.63, 3.8) is 0 Å². The number of rotatable bonds is 7. The van der Waals surface area contributed by atoms with Crippen LogP contribution in [-0.2, 0) is 22.6 Å². The standard InChI is InChI=1S/C20H25N5O3/c26-19(15-24-20(27)23-12-16-4-2-1-3-5-16)22-14-17-6-7-18(21-13-17)25-8-10-28-11-9-25/h1-7,13H,8-12,14-15H2,(H,22,26)(H2,23,24,27). The number of ether oxygens (including phenoxy) is 1. The van der Waals surface area contributed by atoms with Crippen molar-refractivity contribution >= 4 is 17.8 Å². The first-order valence-electron chi connectivity index (χ1n) is 9.30. The topological polar surface area (TPSA) is 95.6 Å². The lowest BCUT2D eigenvalue weighted by Crippen LogP contribution is -2.41. The van der Waals surface area contributed by atoms with Crippen LogP contribution in [0.5, 0.6) is 0 Å². The number of pyridine rings is 1. The number of nitrogens with zero attached hydrogens (tertiary/aromatic N) is 2. The molecule has 28 heavy (non-hydrogen) atoms. The highest BCUT2D eigenvalue weighted by Crippen LogP contribution is 2.12. The van der Waals surface area contributed by atoms with Gasteiger partial charge < -0.3 is 25.6 Å². The summed E-state index contributed by atoms with van der Waals surface area (Å²) in [5.74, 6) is 0.655. The van der Waals surface area contributed by atoms with Crippen molar-refractivity contribution in [2.24, 2.45) is 0 Å². The summed E-state index contributed by atoms with van der Waals surface area (Å²) in [6.45, 7) is 3.79. The van der Waals surface area contributed by atoms with Gasteiger partial charge in [-0.1, -0.05) is 36.4 Å². The largest absolute Gasteiger partial charge is 0.378 e. The van der Waals surface area contributed by atoms with Crippen molar-refractivity contribution in [1.82, 2.24) is 20.9 Å². The Morgan fingerprint density at radius 1 is 0.929 bits per heavy atom. The molecule has 1 aliphatic rings. The summed E-state index contributed by atoms with van der Waals surface area (Å²) in [6.07, 6.45) is 1.76. The Balaban J connectivity index is 1.34. The van der Waals surface area contributed by atoms with E-state index in [1.807, 2.05) is 42.5 Å². The molecule has 148 valence electrons. The molecule has 1 aromatic heterocycles. The molecule has 1 aliphatic heterocycles. The van der Waals surface area contributed by atoms with Crippen molar-refractivity contribution in [2.75, 3.05) is 37.7 Å². The smallest absolute Gasteiger partial charge is 0.315 e. The van der Waals surface area contributed by atoms with E-state index in [4.69, 9.17) is 4.74 Å². The van der Waals surface area contributed by atoms with E-state index in [1.165, 1.54) is 0 Å². The summed E-state index contributed by atoms with van der Waals surface area (Å²) in [5.41, 5.74) is 1.90. The third-order valence-electron chi connectivity index (χ3n) is 4.34. The number of hydrogen-bond donors (Lipinski definition) is 3. The number of carbonyl (C=O) groups excluding carboxylic acids is 2. The van der Waals surface area contributed by atoms with E-state index in [0.717, 1.165) is 30.0 Å². The molecule has 3 amide bonds. The Hall–Kier alpha value is -3.13. The van der Waals surface area contributed by atoms with Crippen molar-refractivity contribution in [2.45, 2.75) is 13.1 Å². The van der Waals surface area contributed by atoms with E-state index < -0.39 is 0 Å². The molecular formula is C20H25N5O3. The zero-order chi connectivity index (χ0) is 19.6. The lowest BCUT2D eigenvalue weighted by atomic mass is 10.2. The summed E-state index contributed by atoms with van der Waals surface area (Å²) in [5, 5.41) is 8.03. The number of aromatic nitrogens is 1. The predicted molar refractivity (Wildman–Crippen MR) is 106 cm³/mol. The molecule has 8 nitrogen and oxygen atoms in total. The lowest BCUT2D eigenvalue weighted by molar-refractivity contribution is -0.120. The Kier molecular flexibility index (Phi) is 7.20. The Bertz CT molecular complexity index is 761. The molecule has 0 bridgehead atoms. The number of hydrogen-bond acceptors (Lipinski definition) is 5. The lowest BCUT2D eigenvalue weighted by Gasteiger charge is -2.27. The van der Waals surface area contributed by atoms with E-state index in [-0.39, 0.29) is 18.5 Å². The van der Waals surface area contributed by atoms with Gasteiger partial charge in [-0.3, -0.25) is 4.79 Å². The molecule has 3 rings (SSSR count). The summed E-state index contributed by atoms with van der Waals surface area (Å²) in [6, 6.07) is 13.1. The second-order valence-electron chi connectivity index (χ2n) is 6.42. The molecule has 8 heteroatoms. The van der Waals surface area contributed by atoms with Gasteiger partial charge in [0.15, 0.2) is 0 Å². The number of anilines is 1. The fourth-order valence-electron chi connectivity index (χ4n) is 2.77. The van der Waals surface area contributed by atoms with Crippen molar-refractivity contribution in [3.05, 3.63) is 59.8 Å². The number of nitrogens with one attached hydrogen (secondary N) is 3. The third-order valence-corrected chi connectivity index (χ3v) is 4.34. The average molecular weight is 383 g/mol. The molecule has 0 atom stereocenters. The molecule has 0 spiro atoms. The van der Waals surface area contributed by atoms with Crippen molar-refractivity contribution < 1.29 is 14.3 Å². The van der Waals surface area contributed by atoms with Gasteiger partial charge in [0.2, 0.25) is 5.91 Å². The molecule has 1 fully saturated rings.